The van der Waals surface area contributed by atoms with Gasteiger partial charge in [0.25, 0.3) is 5.91 Å². The SMILES string of the molecule is Nc1n[nH]c2cc(C(=O)N[C@@H](Cc3ccccc3)c3ccc(-c4cc(Cl)ccc4-n4cnnn4)c[n+]3[O-])ccc12.O=C(O)C(F)(F)F. The van der Waals surface area contributed by atoms with Crippen molar-refractivity contribution >= 4 is 40.2 Å². The van der Waals surface area contributed by atoms with E-state index < -0.39 is 18.2 Å². The summed E-state index contributed by atoms with van der Waals surface area (Å²) in [4.78, 5) is 22.3. The van der Waals surface area contributed by atoms with Crippen LogP contribution in [0.2, 0.25) is 5.02 Å². The fraction of sp³-hybridized carbons (Fsp3) is 0.100. The van der Waals surface area contributed by atoms with Crippen LogP contribution in [0.25, 0.3) is 27.7 Å². The summed E-state index contributed by atoms with van der Waals surface area (Å²) in [6.45, 7) is 0. The number of carboxylic acid groups (broad SMARTS) is 1. The largest absolute Gasteiger partial charge is 0.618 e. The van der Waals surface area contributed by atoms with Gasteiger partial charge >= 0.3 is 12.1 Å². The lowest BCUT2D eigenvalue weighted by atomic mass is 10.00. The van der Waals surface area contributed by atoms with Gasteiger partial charge in [0.2, 0.25) is 5.69 Å². The molecular formula is C30H23ClF3N9O4. The number of amides is 1. The van der Waals surface area contributed by atoms with Crippen LogP contribution in [0.15, 0.2) is 91.4 Å². The molecule has 47 heavy (non-hydrogen) atoms. The minimum absolute atomic E-state index is 0.337. The lowest BCUT2D eigenvalue weighted by Gasteiger charge is -2.19. The first-order valence-electron chi connectivity index (χ1n) is 13.6. The monoisotopic (exact) mass is 665 g/mol. The molecule has 6 rings (SSSR count). The number of aromatic nitrogens is 7. The first-order chi connectivity index (χ1) is 22.4. The zero-order chi connectivity index (χ0) is 33.7. The van der Waals surface area contributed by atoms with E-state index in [-0.39, 0.29) is 5.91 Å². The maximum absolute atomic E-state index is 13.5. The Bertz CT molecular complexity index is 2040. The average molecular weight is 666 g/mol. The van der Waals surface area contributed by atoms with Crippen LogP contribution in [-0.4, -0.2) is 53.6 Å². The molecule has 5 N–H and O–H groups in total. The first-order valence-corrected chi connectivity index (χ1v) is 13.9. The molecule has 3 heterocycles. The highest BCUT2D eigenvalue weighted by atomic mass is 35.5. The Morgan fingerprint density at radius 3 is 2.49 bits per heavy atom. The third-order valence-corrected chi connectivity index (χ3v) is 7.09. The molecule has 0 unspecified atom stereocenters. The van der Waals surface area contributed by atoms with Gasteiger partial charge in [-0.25, -0.2) is 4.79 Å². The van der Waals surface area contributed by atoms with Crippen molar-refractivity contribution in [1.82, 2.24) is 35.7 Å². The number of carbonyl (C=O) groups excluding carboxylic acids is 1. The van der Waals surface area contributed by atoms with E-state index in [0.717, 1.165) is 15.7 Å². The van der Waals surface area contributed by atoms with E-state index in [1.807, 2.05) is 36.4 Å². The number of halogens is 4. The number of aliphatic carboxylic acids is 1. The number of nitrogens with two attached hydrogens (primary N) is 1. The molecule has 13 nitrogen and oxygen atoms in total. The summed E-state index contributed by atoms with van der Waals surface area (Å²) < 4.78 is 34.0. The van der Waals surface area contributed by atoms with Crippen molar-refractivity contribution in [2.45, 2.75) is 18.6 Å². The molecule has 0 aliphatic heterocycles. The number of hydrogen-bond donors (Lipinski definition) is 4. The van der Waals surface area contributed by atoms with E-state index in [4.69, 9.17) is 27.2 Å². The molecule has 0 aliphatic rings. The van der Waals surface area contributed by atoms with E-state index in [0.29, 0.717) is 50.8 Å². The highest BCUT2D eigenvalue weighted by Crippen LogP contribution is 2.30. The summed E-state index contributed by atoms with van der Waals surface area (Å²) in [5, 5.41) is 43.1. The van der Waals surface area contributed by atoms with E-state index in [1.165, 1.54) is 17.2 Å². The summed E-state index contributed by atoms with van der Waals surface area (Å²) in [7, 11) is 0. The summed E-state index contributed by atoms with van der Waals surface area (Å²) >= 11 is 6.29. The number of rotatable bonds is 7. The summed E-state index contributed by atoms with van der Waals surface area (Å²) in [6.07, 6.45) is -1.76. The van der Waals surface area contributed by atoms with E-state index >= 15 is 0 Å². The fourth-order valence-corrected chi connectivity index (χ4v) is 4.81. The highest BCUT2D eigenvalue weighted by Gasteiger charge is 2.38. The van der Waals surface area contributed by atoms with Crippen molar-refractivity contribution < 1.29 is 32.6 Å². The Balaban J connectivity index is 0.000000559. The van der Waals surface area contributed by atoms with Gasteiger partial charge in [-0.3, -0.25) is 9.89 Å². The maximum atomic E-state index is 13.5. The number of tetrazole rings is 1. The Kier molecular flexibility index (Phi) is 9.32. The molecule has 0 saturated carbocycles. The van der Waals surface area contributed by atoms with E-state index in [9.17, 15) is 23.2 Å². The summed E-state index contributed by atoms with van der Waals surface area (Å²) in [5.41, 5.74) is 10.2. The fourth-order valence-electron chi connectivity index (χ4n) is 4.64. The standard InChI is InChI=1S/C28H22ClN9O2.C2HF3O2/c29-20-8-11-25(37-16-31-35-36-37)22(14-20)19-7-10-26(38(40)15-19)24(12-17-4-2-1-3-5-17)32-28(39)18-6-9-21-23(13-18)33-34-27(21)30;3-2(4,5)1(6)7/h1-11,13-16,24H,12H2,(H,32,39)(H3,30,33,34);(H,6,7)/t24-;/m0./s1. The molecule has 3 aromatic heterocycles. The van der Waals surface area contributed by atoms with E-state index in [2.05, 4.69) is 31.0 Å². The minimum Gasteiger partial charge on any atom is -0.618 e. The number of H-pyrrole nitrogens is 1. The minimum atomic E-state index is -5.08. The first kappa shape index (κ1) is 32.4. The van der Waals surface area contributed by atoms with Gasteiger partial charge in [-0.15, -0.1) is 5.10 Å². The third kappa shape index (κ3) is 7.62. The molecule has 0 bridgehead atoms. The summed E-state index contributed by atoms with van der Waals surface area (Å²) in [6, 6.07) is 22.9. The average Bonchev–Trinajstić information content (AvgIpc) is 3.71. The third-order valence-electron chi connectivity index (χ3n) is 6.85. The molecule has 0 saturated heterocycles. The molecule has 0 aliphatic carbocycles. The second-order valence-corrected chi connectivity index (χ2v) is 10.4. The van der Waals surface area contributed by atoms with Crippen LogP contribution in [0, 0.1) is 5.21 Å². The molecule has 17 heteroatoms. The molecule has 1 amide bonds. The number of nitrogens with zero attached hydrogens (tertiary/aromatic N) is 6. The van der Waals surface area contributed by atoms with Crippen LogP contribution >= 0.6 is 11.6 Å². The van der Waals surface area contributed by atoms with Gasteiger partial charge in [-0.05, 0) is 58.5 Å². The van der Waals surface area contributed by atoms with Gasteiger partial charge in [0.05, 0.1) is 11.2 Å². The van der Waals surface area contributed by atoms with Crippen molar-refractivity contribution in [1.29, 1.82) is 0 Å². The molecule has 240 valence electrons. The second kappa shape index (κ2) is 13.5. The van der Waals surface area contributed by atoms with Crippen molar-refractivity contribution in [2.24, 2.45) is 0 Å². The van der Waals surface area contributed by atoms with Crippen LogP contribution in [0.3, 0.4) is 0 Å². The van der Waals surface area contributed by atoms with Gasteiger partial charge in [-0.2, -0.15) is 27.7 Å². The van der Waals surface area contributed by atoms with E-state index in [1.54, 1.807) is 42.5 Å². The zero-order valence-electron chi connectivity index (χ0n) is 23.9. The van der Waals surface area contributed by atoms with Gasteiger partial charge in [-0.1, -0.05) is 41.9 Å². The maximum Gasteiger partial charge on any atom is 0.490 e. The predicted molar refractivity (Wildman–Crippen MR) is 163 cm³/mol. The highest BCUT2D eigenvalue weighted by molar-refractivity contribution is 6.31. The number of fused-ring (bicyclic) bond motifs is 1. The van der Waals surface area contributed by atoms with Crippen LogP contribution in [-0.2, 0) is 11.2 Å². The lowest BCUT2D eigenvalue weighted by molar-refractivity contribution is -0.615. The van der Waals surface area contributed by atoms with Crippen LogP contribution in [0.4, 0.5) is 19.0 Å². The molecule has 0 radical (unpaired) electrons. The normalized spacial score (nSPS) is 11.8. The predicted octanol–water partition coefficient (Wildman–Crippen LogP) is 4.42. The quantitative estimate of drug-likeness (QED) is 0.141. The second-order valence-electron chi connectivity index (χ2n) is 9.97. The molecule has 6 aromatic rings. The number of nitrogen functional groups attached to an aromatic ring is 1. The number of nitrogens with one attached hydrogen (secondary N) is 2. The molecule has 0 spiro atoms. The number of pyridine rings is 1. The molecule has 3 aromatic carbocycles. The Hall–Kier alpha value is -6.03. The number of anilines is 1. The molecule has 1 atom stereocenters. The number of carbonyl (C=O) groups is 2. The molecular weight excluding hydrogens is 643 g/mol. The number of carboxylic acids is 1. The van der Waals surface area contributed by atoms with Gasteiger partial charge in [0.1, 0.15) is 12.4 Å². The number of benzene rings is 3. The van der Waals surface area contributed by atoms with Crippen molar-refractivity contribution in [3.8, 4) is 16.8 Å². The number of hydrogen-bond acceptors (Lipinski definition) is 8. The number of alkyl halides is 3. The van der Waals surface area contributed by atoms with Crippen LogP contribution in [0.5, 0.6) is 0 Å². The van der Waals surface area contributed by atoms with Crippen LogP contribution in [0.1, 0.15) is 27.7 Å². The van der Waals surface area contributed by atoms with Gasteiger partial charge < -0.3 is 21.4 Å². The van der Waals surface area contributed by atoms with Crippen molar-refractivity contribution in [3.63, 3.8) is 0 Å². The van der Waals surface area contributed by atoms with Gasteiger partial charge in [0, 0.05) is 39.6 Å². The van der Waals surface area contributed by atoms with Crippen molar-refractivity contribution in [3.05, 3.63) is 118 Å². The van der Waals surface area contributed by atoms with Crippen LogP contribution < -0.4 is 15.8 Å². The number of aromatic amines is 1. The lowest BCUT2D eigenvalue weighted by Crippen LogP contribution is -2.40. The zero-order valence-corrected chi connectivity index (χ0v) is 24.6. The van der Waals surface area contributed by atoms with Crippen molar-refractivity contribution in [2.75, 3.05) is 5.73 Å². The summed E-state index contributed by atoms with van der Waals surface area (Å²) in [5.74, 6) is -2.73. The Morgan fingerprint density at radius 2 is 1.83 bits per heavy atom. The Labute approximate surface area is 268 Å². The topological polar surface area (TPSA) is 192 Å². The smallest absolute Gasteiger partial charge is 0.490 e. The van der Waals surface area contributed by atoms with Gasteiger partial charge in [0.15, 0.2) is 12.0 Å². The Morgan fingerprint density at radius 1 is 1.09 bits per heavy atom. The molecule has 0 fully saturated rings.